The van der Waals surface area contributed by atoms with Crippen molar-refractivity contribution in [2.45, 2.75) is 0 Å². The number of nitrogens with zero attached hydrogens (tertiary/aromatic N) is 1. The SMILES string of the molecule is O=C(Cl)c1ccc(N=C=S)cc1. The average Bonchev–Trinajstić information content (AvgIpc) is 2.06. The molecule has 4 heteroatoms. The summed E-state index contributed by atoms with van der Waals surface area (Å²) in [5.74, 6) is 0. The van der Waals surface area contributed by atoms with Crippen molar-refractivity contribution in [3.8, 4) is 0 Å². The van der Waals surface area contributed by atoms with Crippen LogP contribution in [0.4, 0.5) is 5.69 Å². The smallest absolute Gasteiger partial charge is 0.252 e. The zero-order valence-electron chi connectivity index (χ0n) is 5.95. The maximum Gasteiger partial charge on any atom is 0.252 e. The molecule has 0 radical (unpaired) electrons. The molecule has 0 amide bonds. The van der Waals surface area contributed by atoms with E-state index in [-0.39, 0.29) is 0 Å². The van der Waals surface area contributed by atoms with Crippen LogP contribution >= 0.6 is 23.8 Å². The molecule has 0 heterocycles. The van der Waals surface area contributed by atoms with Crippen molar-refractivity contribution in [2.24, 2.45) is 4.99 Å². The van der Waals surface area contributed by atoms with E-state index in [0.717, 1.165) is 0 Å². The highest BCUT2D eigenvalue weighted by molar-refractivity contribution is 7.78. The third-order valence-electron chi connectivity index (χ3n) is 1.27. The number of hydrogen-bond acceptors (Lipinski definition) is 3. The molecule has 12 heavy (non-hydrogen) atoms. The predicted molar refractivity (Wildman–Crippen MR) is 51.3 cm³/mol. The molecule has 60 valence electrons. The van der Waals surface area contributed by atoms with Crippen LogP contribution in [0.2, 0.25) is 0 Å². The lowest BCUT2D eigenvalue weighted by molar-refractivity contribution is 0.108. The van der Waals surface area contributed by atoms with Gasteiger partial charge in [-0.25, -0.2) is 0 Å². The fourth-order valence-corrected chi connectivity index (χ4v) is 0.951. The van der Waals surface area contributed by atoms with E-state index in [0.29, 0.717) is 11.3 Å². The zero-order valence-corrected chi connectivity index (χ0v) is 7.52. The molecule has 1 aromatic rings. The molecule has 0 aromatic heterocycles. The van der Waals surface area contributed by atoms with Crippen LogP contribution in [0.5, 0.6) is 0 Å². The Balaban J connectivity index is 3.00. The van der Waals surface area contributed by atoms with Crippen LogP contribution in [0.3, 0.4) is 0 Å². The summed E-state index contributed by atoms with van der Waals surface area (Å²) in [6.07, 6.45) is 0. The van der Waals surface area contributed by atoms with Gasteiger partial charge in [0.15, 0.2) is 0 Å². The third-order valence-corrected chi connectivity index (χ3v) is 1.58. The van der Waals surface area contributed by atoms with E-state index in [9.17, 15) is 4.79 Å². The van der Waals surface area contributed by atoms with E-state index in [1.165, 1.54) is 0 Å². The summed E-state index contributed by atoms with van der Waals surface area (Å²) >= 11 is 9.64. The van der Waals surface area contributed by atoms with Crippen molar-refractivity contribution in [1.29, 1.82) is 0 Å². The van der Waals surface area contributed by atoms with Gasteiger partial charge in [-0.15, -0.1) is 0 Å². The van der Waals surface area contributed by atoms with Gasteiger partial charge in [-0.3, -0.25) is 4.79 Å². The Bertz CT molecular complexity index is 320. The summed E-state index contributed by atoms with van der Waals surface area (Å²) in [6, 6.07) is 6.46. The molecule has 0 aliphatic carbocycles. The molecule has 0 saturated heterocycles. The number of rotatable bonds is 2. The monoisotopic (exact) mass is 197 g/mol. The number of carbonyl (C=O) groups excluding carboxylic acids is 1. The minimum atomic E-state index is -0.479. The van der Waals surface area contributed by atoms with Gasteiger partial charge in [0.1, 0.15) is 0 Å². The minimum Gasteiger partial charge on any atom is -0.276 e. The van der Waals surface area contributed by atoms with E-state index < -0.39 is 5.24 Å². The van der Waals surface area contributed by atoms with Gasteiger partial charge in [-0.05, 0) is 48.1 Å². The first-order valence-corrected chi connectivity index (χ1v) is 3.90. The molecule has 0 bridgehead atoms. The summed E-state index contributed by atoms with van der Waals surface area (Å²) in [6.45, 7) is 0. The van der Waals surface area contributed by atoms with Gasteiger partial charge in [0.25, 0.3) is 5.24 Å². The van der Waals surface area contributed by atoms with Gasteiger partial charge in [-0.1, -0.05) is 0 Å². The van der Waals surface area contributed by atoms with E-state index in [1.807, 2.05) is 0 Å². The van der Waals surface area contributed by atoms with Crippen molar-refractivity contribution < 1.29 is 4.79 Å². The van der Waals surface area contributed by atoms with Gasteiger partial charge in [-0.2, -0.15) is 4.99 Å². The van der Waals surface area contributed by atoms with Crippen molar-refractivity contribution in [3.05, 3.63) is 29.8 Å². The van der Waals surface area contributed by atoms with E-state index in [2.05, 4.69) is 22.4 Å². The molecule has 0 atom stereocenters. The largest absolute Gasteiger partial charge is 0.276 e. The Morgan fingerprint density at radius 3 is 2.42 bits per heavy atom. The van der Waals surface area contributed by atoms with Gasteiger partial charge >= 0.3 is 0 Å². The topological polar surface area (TPSA) is 29.4 Å². The molecular weight excluding hydrogens is 194 g/mol. The molecular formula is C8H4ClNOS. The maximum atomic E-state index is 10.6. The highest BCUT2D eigenvalue weighted by Crippen LogP contribution is 2.13. The van der Waals surface area contributed by atoms with E-state index >= 15 is 0 Å². The van der Waals surface area contributed by atoms with Gasteiger partial charge in [0, 0.05) is 5.56 Å². The number of isothiocyanates is 1. The standard InChI is InChI=1S/C8H4ClNOS/c9-8(11)6-1-3-7(4-2-6)10-5-12/h1-4H. The highest BCUT2D eigenvalue weighted by Gasteiger charge is 1.99. The summed E-state index contributed by atoms with van der Waals surface area (Å²) in [7, 11) is 0. The van der Waals surface area contributed by atoms with Crippen molar-refractivity contribution in [1.82, 2.24) is 0 Å². The lowest BCUT2D eigenvalue weighted by Crippen LogP contribution is -1.85. The van der Waals surface area contributed by atoms with Crippen molar-refractivity contribution in [3.63, 3.8) is 0 Å². The second kappa shape index (κ2) is 4.12. The third kappa shape index (κ3) is 2.24. The molecule has 0 unspecified atom stereocenters. The Labute approximate surface area is 79.9 Å². The number of benzene rings is 1. The van der Waals surface area contributed by atoms with Crippen molar-refractivity contribution in [2.75, 3.05) is 0 Å². The molecule has 0 spiro atoms. The van der Waals surface area contributed by atoms with Crippen LogP contribution in [0, 0.1) is 0 Å². The average molecular weight is 198 g/mol. The minimum absolute atomic E-state index is 0.444. The summed E-state index contributed by atoms with van der Waals surface area (Å²) in [4.78, 5) is 14.3. The molecule has 2 nitrogen and oxygen atoms in total. The van der Waals surface area contributed by atoms with Crippen molar-refractivity contribution >= 4 is 39.9 Å². The predicted octanol–water partition coefficient (Wildman–Crippen LogP) is 2.80. The van der Waals surface area contributed by atoms with E-state index in [4.69, 9.17) is 11.6 Å². The van der Waals surface area contributed by atoms with Crippen LogP contribution in [0.15, 0.2) is 29.3 Å². The van der Waals surface area contributed by atoms with Crippen LogP contribution in [0.1, 0.15) is 10.4 Å². The second-order valence-electron chi connectivity index (χ2n) is 2.02. The lowest BCUT2D eigenvalue weighted by atomic mass is 10.2. The quantitative estimate of drug-likeness (QED) is 0.415. The fraction of sp³-hybridized carbons (Fsp3) is 0. The van der Waals surface area contributed by atoms with Crippen LogP contribution in [0.25, 0.3) is 0 Å². The molecule has 1 aromatic carbocycles. The van der Waals surface area contributed by atoms with E-state index in [1.54, 1.807) is 24.3 Å². The van der Waals surface area contributed by atoms with Gasteiger partial charge < -0.3 is 0 Å². The number of halogens is 1. The van der Waals surface area contributed by atoms with Crippen LogP contribution in [-0.2, 0) is 0 Å². The lowest BCUT2D eigenvalue weighted by Gasteiger charge is -1.92. The fourth-order valence-electron chi connectivity index (χ4n) is 0.720. The first-order chi connectivity index (χ1) is 5.74. The molecule has 0 aliphatic heterocycles. The normalized spacial score (nSPS) is 8.75. The Morgan fingerprint density at radius 1 is 1.42 bits per heavy atom. The molecule has 0 N–H and O–H groups in total. The summed E-state index contributed by atoms with van der Waals surface area (Å²) in [5, 5.41) is 1.74. The van der Waals surface area contributed by atoms with Crippen LogP contribution < -0.4 is 0 Å². The molecule has 1 rings (SSSR count). The second-order valence-corrected chi connectivity index (χ2v) is 2.55. The molecule has 0 saturated carbocycles. The van der Waals surface area contributed by atoms with Crippen LogP contribution in [-0.4, -0.2) is 10.4 Å². The number of hydrogen-bond donors (Lipinski definition) is 0. The Hall–Kier alpha value is -1.02. The summed E-state index contributed by atoms with van der Waals surface area (Å²) < 4.78 is 0. The maximum absolute atomic E-state index is 10.6. The van der Waals surface area contributed by atoms with Gasteiger partial charge in [0.2, 0.25) is 0 Å². The Kier molecular flexibility index (Phi) is 3.11. The molecule has 0 fully saturated rings. The first kappa shape index (κ1) is 9.07. The number of aliphatic imine (C=N–C) groups is 1. The summed E-state index contributed by atoms with van der Waals surface area (Å²) in [5.41, 5.74) is 1.10. The highest BCUT2D eigenvalue weighted by atomic mass is 35.5. The number of carbonyl (C=O) groups is 1. The number of thiocarbonyl (C=S) groups is 1. The zero-order chi connectivity index (χ0) is 8.97. The first-order valence-electron chi connectivity index (χ1n) is 3.12. The van der Waals surface area contributed by atoms with Gasteiger partial charge in [0.05, 0.1) is 10.8 Å². The molecule has 0 aliphatic rings. The Morgan fingerprint density at radius 2 is 2.00 bits per heavy atom.